The Hall–Kier alpha value is -1.04. The second-order valence-electron chi connectivity index (χ2n) is 7.96. The van der Waals surface area contributed by atoms with Crippen molar-refractivity contribution in [2.24, 2.45) is 5.41 Å². The fraction of sp³-hybridized carbons (Fsp3) is 0.474. The highest BCUT2D eigenvalue weighted by molar-refractivity contribution is 7.87. The molecule has 1 aromatic rings. The summed E-state index contributed by atoms with van der Waals surface area (Å²) >= 11 is 4.89. The molecule has 0 spiro atoms. The number of hydrogen-bond donors (Lipinski definition) is 2. The zero-order valence-electron chi connectivity index (χ0n) is 14.8. The average Bonchev–Trinajstić information content (AvgIpc) is 2.47. The smallest absolute Gasteiger partial charge is 0.277 e. The number of allylic oxidation sites excluding steroid dienone is 1. The Kier molecular flexibility index (Phi) is 4.86. The van der Waals surface area contributed by atoms with E-state index in [1.165, 1.54) is 13.0 Å². The standard InChI is InChI=1S/C19H26O3S2/c1-17(2,3)16(23)19(5)13-12-18(4,24(20,21)22)11-10-14-8-6-7-9-15(14)19/h6-13,16,23H,1-5H3,(H,20,21,22)/b11-10-,13-12-. The van der Waals surface area contributed by atoms with E-state index in [9.17, 15) is 13.0 Å². The number of thiol groups is 1. The maximum absolute atomic E-state index is 11.9. The van der Waals surface area contributed by atoms with Crippen molar-refractivity contribution in [3.8, 4) is 0 Å². The summed E-state index contributed by atoms with van der Waals surface area (Å²) < 4.78 is 32.0. The molecule has 3 unspecified atom stereocenters. The van der Waals surface area contributed by atoms with Crippen LogP contribution in [0.3, 0.4) is 0 Å². The minimum Gasteiger partial charge on any atom is -0.285 e. The molecule has 1 aliphatic carbocycles. The molecule has 0 fully saturated rings. The van der Waals surface area contributed by atoms with Crippen LogP contribution in [-0.4, -0.2) is 23.0 Å². The number of hydrogen-bond acceptors (Lipinski definition) is 3. The lowest BCUT2D eigenvalue weighted by molar-refractivity contribution is 0.322. The summed E-state index contributed by atoms with van der Waals surface area (Å²) in [6.45, 7) is 9.90. The van der Waals surface area contributed by atoms with Gasteiger partial charge in [-0.15, -0.1) is 0 Å². The number of rotatable bonds is 2. The van der Waals surface area contributed by atoms with Crippen molar-refractivity contribution in [3.05, 3.63) is 53.6 Å². The Bertz CT molecular complexity index is 787. The molecule has 5 heteroatoms. The molecular weight excluding hydrogens is 340 g/mol. The van der Waals surface area contributed by atoms with Gasteiger partial charge in [0.2, 0.25) is 0 Å². The molecule has 1 aliphatic rings. The molecule has 0 saturated heterocycles. The molecule has 0 saturated carbocycles. The summed E-state index contributed by atoms with van der Waals surface area (Å²) in [6.07, 6.45) is 6.76. The van der Waals surface area contributed by atoms with Gasteiger partial charge < -0.3 is 0 Å². The highest BCUT2D eigenvalue weighted by atomic mass is 32.2. The predicted molar refractivity (Wildman–Crippen MR) is 104 cm³/mol. The van der Waals surface area contributed by atoms with Crippen LogP contribution in [0.5, 0.6) is 0 Å². The first-order valence-corrected chi connectivity index (χ1v) is 9.91. The maximum atomic E-state index is 11.9. The molecule has 3 atom stereocenters. The lowest BCUT2D eigenvalue weighted by Crippen LogP contribution is -2.42. The van der Waals surface area contributed by atoms with Gasteiger partial charge in [-0.3, -0.25) is 4.55 Å². The lowest BCUT2D eigenvalue weighted by atomic mass is 9.68. The Morgan fingerprint density at radius 1 is 1.08 bits per heavy atom. The first-order valence-electron chi connectivity index (χ1n) is 7.95. The Morgan fingerprint density at radius 2 is 1.67 bits per heavy atom. The summed E-state index contributed by atoms with van der Waals surface area (Å²) in [5.74, 6) is 0. The molecule has 132 valence electrons. The summed E-state index contributed by atoms with van der Waals surface area (Å²) in [6, 6.07) is 7.90. The lowest BCUT2D eigenvalue weighted by Gasteiger charge is -2.42. The van der Waals surface area contributed by atoms with E-state index in [-0.39, 0.29) is 10.7 Å². The topological polar surface area (TPSA) is 54.4 Å². The molecule has 3 nitrogen and oxygen atoms in total. The summed E-state index contributed by atoms with van der Waals surface area (Å²) in [5.41, 5.74) is 1.42. The minimum atomic E-state index is -4.28. The molecule has 0 aromatic heterocycles. The van der Waals surface area contributed by atoms with E-state index >= 15 is 0 Å². The summed E-state index contributed by atoms with van der Waals surface area (Å²) in [5, 5.41) is -0.0560. The summed E-state index contributed by atoms with van der Waals surface area (Å²) in [7, 11) is -4.28. The monoisotopic (exact) mass is 366 g/mol. The molecule has 0 amide bonds. The van der Waals surface area contributed by atoms with Crippen LogP contribution in [0.1, 0.15) is 45.7 Å². The first-order chi connectivity index (χ1) is 10.8. The second kappa shape index (κ2) is 6.04. The first kappa shape index (κ1) is 19.3. The van der Waals surface area contributed by atoms with Crippen LogP contribution in [0.25, 0.3) is 6.08 Å². The van der Waals surface area contributed by atoms with Gasteiger partial charge in [0.15, 0.2) is 0 Å². The highest BCUT2D eigenvalue weighted by Crippen LogP contribution is 2.44. The van der Waals surface area contributed by atoms with Crippen molar-refractivity contribution in [3.63, 3.8) is 0 Å². The minimum absolute atomic E-state index is 0.0560. The highest BCUT2D eigenvalue weighted by Gasteiger charge is 2.42. The SMILES string of the molecule is CC(C)(C)C(S)C1(C)/C=C\C(C)(S(=O)(=O)O)/C=C\c2ccccc21. The predicted octanol–water partition coefficient (Wildman–Crippen LogP) is 4.52. The van der Waals surface area contributed by atoms with Gasteiger partial charge in [0.1, 0.15) is 4.75 Å². The summed E-state index contributed by atoms with van der Waals surface area (Å²) in [4.78, 5) is 0. The zero-order valence-corrected chi connectivity index (χ0v) is 16.5. The Morgan fingerprint density at radius 3 is 2.21 bits per heavy atom. The van der Waals surface area contributed by atoms with Crippen molar-refractivity contribution in [1.29, 1.82) is 0 Å². The Balaban J connectivity index is 2.78. The zero-order chi connectivity index (χ0) is 18.4. The van der Waals surface area contributed by atoms with Gasteiger partial charge in [-0.05, 0) is 23.5 Å². The van der Waals surface area contributed by atoms with Crippen LogP contribution in [0.2, 0.25) is 0 Å². The van der Waals surface area contributed by atoms with Crippen molar-refractivity contribution in [2.45, 2.75) is 50.0 Å². The van der Waals surface area contributed by atoms with Crippen LogP contribution < -0.4 is 0 Å². The van der Waals surface area contributed by atoms with E-state index < -0.39 is 20.3 Å². The quantitative estimate of drug-likeness (QED) is 0.460. The number of benzene rings is 1. The van der Waals surface area contributed by atoms with Crippen LogP contribution in [0, 0.1) is 5.41 Å². The molecule has 0 aliphatic heterocycles. The van der Waals surface area contributed by atoms with E-state index in [0.717, 1.165) is 11.1 Å². The largest absolute Gasteiger partial charge is 0.285 e. The molecule has 1 aromatic carbocycles. The maximum Gasteiger partial charge on any atom is 0.277 e. The third-order valence-electron chi connectivity index (χ3n) is 4.84. The molecule has 0 heterocycles. The van der Waals surface area contributed by atoms with Crippen molar-refractivity contribution in [1.82, 2.24) is 0 Å². The van der Waals surface area contributed by atoms with E-state index in [0.29, 0.717) is 0 Å². The van der Waals surface area contributed by atoms with Crippen molar-refractivity contribution in [2.75, 3.05) is 0 Å². The third-order valence-corrected chi connectivity index (χ3v) is 7.53. The second-order valence-corrected chi connectivity index (χ2v) is 10.3. The molecule has 24 heavy (non-hydrogen) atoms. The molecular formula is C19H26O3S2. The van der Waals surface area contributed by atoms with Crippen LogP contribution >= 0.6 is 12.6 Å². The van der Waals surface area contributed by atoms with Gasteiger partial charge >= 0.3 is 0 Å². The Labute approximate surface area is 151 Å². The molecule has 1 N–H and O–H groups in total. The van der Waals surface area contributed by atoms with E-state index in [4.69, 9.17) is 12.6 Å². The van der Waals surface area contributed by atoms with Crippen LogP contribution in [-0.2, 0) is 15.5 Å². The van der Waals surface area contributed by atoms with E-state index in [1.807, 2.05) is 24.3 Å². The van der Waals surface area contributed by atoms with Gasteiger partial charge in [0, 0.05) is 10.7 Å². The molecule has 0 radical (unpaired) electrons. The van der Waals surface area contributed by atoms with Gasteiger partial charge in [0.05, 0.1) is 0 Å². The number of fused-ring (bicyclic) bond motifs is 1. The van der Waals surface area contributed by atoms with Crippen molar-refractivity contribution < 1.29 is 13.0 Å². The van der Waals surface area contributed by atoms with Gasteiger partial charge in [-0.1, -0.05) is 76.3 Å². The van der Waals surface area contributed by atoms with Crippen LogP contribution in [0.4, 0.5) is 0 Å². The van der Waals surface area contributed by atoms with Crippen LogP contribution in [0.15, 0.2) is 42.5 Å². The van der Waals surface area contributed by atoms with Gasteiger partial charge in [-0.2, -0.15) is 21.0 Å². The van der Waals surface area contributed by atoms with Gasteiger partial charge in [0.25, 0.3) is 10.1 Å². The fourth-order valence-corrected chi connectivity index (χ4v) is 3.89. The third kappa shape index (κ3) is 3.35. The molecule has 0 bridgehead atoms. The van der Waals surface area contributed by atoms with Crippen molar-refractivity contribution >= 4 is 28.8 Å². The van der Waals surface area contributed by atoms with E-state index in [2.05, 4.69) is 33.8 Å². The van der Waals surface area contributed by atoms with Gasteiger partial charge in [-0.25, -0.2) is 0 Å². The normalized spacial score (nSPS) is 31.5. The fourth-order valence-electron chi connectivity index (χ4n) is 3.18. The molecule has 2 rings (SSSR count). The van der Waals surface area contributed by atoms with E-state index in [1.54, 1.807) is 12.2 Å². The average molecular weight is 367 g/mol.